The number of hydrogen-bond donors (Lipinski definition) is 1. The number of aromatic nitrogens is 1. The number of pyridine rings is 1. The van der Waals surface area contributed by atoms with Gasteiger partial charge in [0.05, 0.1) is 10.4 Å². The van der Waals surface area contributed by atoms with Crippen molar-refractivity contribution in [2.75, 3.05) is 5.32 Å². The van der Waals surface area contributed by atoms with Crippen molar-refractivity contribution in [3.63, 3.8) is 0 Å². The standard InChI is InChI=1S/C18H15N3O3/c1-12(22)14-7-8-16(17(10-14)21(23)24)20-11-15-5-2-4-13-6-3-9-19-18(13)15/h2-10,20H,11H2,1H3. The number of para-hydroxylation sites is 1. The fourth-order valence-electron chi connectivity index (χ4n) is 2.55. The molecule has 1 heterocycles. The van der Waals surface area contributed by atoms with E-state index in [0.29, 0.717) is 17.8 Å². The molecule has 0 bridgehead atoms. The van der Waals surface area contributed by atoms with Crippen LogP contribution in [0.4, 0.5) is 11.4 Å². The lowest BCUT2D eigenvalue weighted by Gasteiger charge is -2.10. The van der Waals surface area contributed by atoms with Crippen molar-refractivity contribution >= 4 is 28.1 Å². The number of nitro groups is 1. The van der Waals surface area contributed by atoms with Crippen LogP contribution in [0.25, 0.3) is 10.9 Å². The van der Waals surface area contributed by atoms with Gasteiger partial charge in [-0.25, -0.2) is 0 Å². The average molecular weight is 321 g/mol. The molecule has 3 aromatic rings. The van der Waals surface area contributed by atoms with Gasteiger partial charge in [0.2, 0.25) is 0 Å². The number of nitrogens with zero attached hydrogens (tertiary/aromatic N) is 2. The topological polar surface area (TPSA) is 85.1 Å². The first-order valence-corrected chi connectivity index (χ1v) is 7.42. The number of anilines is 1. The van der Waals surface area contributed by atoms with Crippen LogP contribution in [0.1, 0.15) is 22.8 Å². The third kappa shape index (κ3) is 3.08. The van der Waals surface area contributed by atoms with Crippen molar-refractivity contribution in [3.05, 3.63) is 76.0 Å². The van der Waals surface area contributed by atoms with Crippen molar-refractivity contribution in [2.45, 2.75) is 13.5 Å². The highest BCUT2D eigenvalue weighted by Gasteiger charge is 2.16. The molecule has 0 spiro atoms. The number of carbonyl (C=O) groups excluding carboxylic acids is 1. The molecule has 0 saturated heterocycles. The third-order valence-corrected chi connectivity index (χ3v) is 3.79. The summed E-state index contributed by atoms with van der Waals surface area (Å²) in [7, 11) is 0. The van der Waals surface area contributed by atoms with Crippen LogP contribution in [0, 0.1) is 10.1 Å². The van der Waals surface area contributed by atoms with E-state index in [0.717, 1.165) is 16.5 Å². The zero-order chi connectivity index (χ0) is 17.1. The van der Waals surface area contributed by atoms with Crippen LogP contribution in [0.5, 0.6) is 0 Å². The summed E-state index contributed by atoms with van der Waals surface area (Å²) in [5, 5.41) is 15.4. The number of Topliss-reactive ketones (excluding diaryl/α,β-unsaturated/α-hetero) is 1. The Morgan fingerprint density at radius 2 is 2.00 bits per heavy atom. The number of nitro benzene ring substituents is 1. The van der Waals surface area contributed by atoms with Crippen molar-refractivity contribution in [3.8, 4) is 0 Å². The van der Waals surface area contributed by atoms with Gasteiger partial charge in [-0.2, -0.15) is 0 Å². The molecule has 0 atom stereocenters. The maximum atomic E-state index is 11.4. The van der Waals surface area contributed by atoms with Crippen LogP contribution >= 0.6 is 0 Å². The average Bonchev–Trinajstić information content (AvgIpc) is 2.59. The van der Waals surface area contributed by atoms with Crippen LogP contribution in [-0.4, -0.2) is 15.7 Å². The smallest absolute Gasteiger partial charge is 0.293 e. The van der Waals surface area contributed by atoms with E-state index in [2.05, 4.69) is 10.3 Å². The van der Waals surface area contributed by atoms with E-state index < -0.39 is 4.92 Å². The Hall–Kier alpha value is -3.28. The first kappa shape index (κ1) is 15.6. The van der Waals surface area contributed by atoms with Gasteiger partial charge in [-0.15, -0.1) is 0 Å². The van der Waals surface area contributed by atoms with E-state index in [1.54, 1.807) is 18.3 Å². The van der Waals surface area contributed by atoms with Gasteiger partial charge in [0.15, 0.2) is 5.78 Å². The van der Waals surface area contributed by atoms with E-state index in [9.17, 15) is 14.9 Å². The lowest BCUT2D eigenvalue weighted by Crippen LogP contribution is -2.05. The van der Waals surface area contributed by atoms with Crippen molar-refractivity contribution in [2.24, 2.45) is 0 Å². The van der Waals surface area contributed by atoms with Crippen LogP contribution in [0.3, 0.4) is 0 Å². The van der Waals surface area contributed by atoms with Gasteiger partial charge in [0.1, 0.15) is 5.69 Å². The SMILES string of the molecule is CC(=O)c1ccc(NCc2cccc3cccnc23)c([N+](=O)[O-])c1. The lowest BCUT2D eigenvalue weighted by atomic mass is 10.1. The van der Waals surface area contributed by atoms with Crippen LogP contribution in [-0.2, 0) is 6.54 Å². The minimum atomic E-state index is -0.490. The molecule has 0 aliphatic rings. The Labute approximate surface area is 138 Å². The zero-order valence-corrected chi connectivity index (χ0v) is 13.0. The summed E-state index contributed by atoms with van der Waals surface area (Å²) in [5.41, 5.74) is 2.38. The second-order valence-electron chi connectivity index (χ2n) is 5.39. The normalized spacial score (nSPS) is 10.5. The highest BCUT2D eigenvalue weighted by Crippen LogP contribution is 2.27. The Morgan fingerprint density at radius 3 is 2.75 bits per heavy atom. The minimum Gasteiger partial charge on any atom is -0.375 e. The molecule has 0 fully saturated rings. The molecule has 0 unspecified atom stereocenters. The van der Waals surface area contributed by atoms with Gasteiger partial charge in [-0.1, -0.05) is 24.3 Å². The highest BCUT2D eigenvalue weighted by molar-refractivity contribution is 5.95. The van der Waals surface area contributed by atoms with Crippen molar-refractivity contribution in [1.29, 1.82) is 0 Å². The summed E-state index contributed by atoms with van der Waals surface area (Å²) >= 11 is 0. The maximum Gasteiger partial charge on any atom is 0.293 e. The first-order valence-electron chi connectivity index (χ1n) is 7.42. The molecule has 0 saturated carbocycles. The second-order valence-corrected chi connectivity index (χ2v) is 5.39. The molecular weight excluding hydrogens is 306 g/mol. The van der Waals surface area contributed by atoms with Crippen LogP contribution < -0.4 is 5.32 Å². The molecular formula is C18H15N3O3. The van der Waals surface area contributed by atoms with E-state index in [4.69, 9.17) is 0 Å². The third-order valence-electron chi connectivity index (χ3n) is 3.79. The van der Waals surface area contributed by atoms with E-state index in [1.165, 1.54) is 13.0 Å². The fraction of sp³-hybridized carbons (Fsp3) is 0.111. The number of hydrogen-bond acceptors (Lipinski definition) is 5. The Balaban J connectivity index is 1.91. The Kier molecular flexibility index (Phi) is 4.20. The van der Waals surface area contributed by atoms with E-state index >= 15 is 0 Å². The summed E-state index contributed by atoms with van der Waals surface area (Å²) < 4.78 is 0. The number of ketones is 1. The summed E-state index contributed by atoms with van der Waals surface area (Å²) in [6, 6.07) is 14.1. The van der Waals surface area contributed by atoms with Crippen molar-refractivity contribution in [1.82, 2.24) is 4.98 Å². The van der Waals surface area contributed by atoms with Gasteiger partial charge in [0.25, 0.3) is 5.69 Å². The molecule has 3 rings (SSSR count). The quantitative estimate of drug-likeness (QED) is 0.437. The number of nitrogens with one attached hydrogen (secondary N) is 1. The second kappa shape index (κ2) is 6.45. The maximum absolute atomic E-state index is 11.4. The molecule has 0 amide bonds. The predicted molar refractivity (Wildman–Crippen MR) is 92.2 cm³/mol. The molecule has 0 aliphatic carbocycles. The van der Waals surface area contributed by atoms with Gasteiger partial charge in [-0.05, 0) is 30.7 Å². The lowest BCUT2D eigenvalue weighted by molar-refractivity contribution is -0.384. The van der Waals surface area contributed by atoms with E-state index in [-0.39, 0.29) is 11.5 Å². The molecule has 0 aliphatic heterocycles. The zero-order valence-electron chi connectivity index (χ0n) is 13.0. The molecule has 6 nitrogen and oxygen atoms in total. The Morgan fingerprint density at radius 1 is 1.21 bits per heavy atom. The van der Waals surface area contributed by atoms with Crippen LogP contribution in [0.15, 0.2) is 54.7 Å². The Bertz CT molecular complexity index is 932. The minimum absolute atomic E-state index is 0.115. The predicted octanol–water partition coefficient (Wildman–Crippen LogP) is 3.96. The highest BCUT2D eigenvalue weighted by atomic mass is 16.6. The van der Waals surface area contributed by atoms with Gasteiger partial charge in [0, 0.05) is 29.8 Å². The largest absolute Gasteiger partial charge is 0.375 e. The summed E-state index contributed by atoms with van der Waals surface area (Å²) in [6.07, 6.45) is 1.72. The molecule has 1 aromatic heterocycles. The fourth-order valence-corrected chi connectivity index (χ4v) is 2.55. The summed E-state index contributed by atoms with van der Waals surface area (Å²) in [5.74, 6) is -0.206. The monoisotopic (exact) mass is 321 g/mol. The van der Waals surface area contributed by atoms with Crippen LogP contribution in [0.2, 0.25) is 0 Å². The van der Waals surface area contributed by atoms with Gasteiger partial charge in [-0.3, -0.25) is 19.9 Å². The molecule has 24 heavy (non-hydrogen) atoms. The number of benzene rings is 2. The van der Waals surface area contributed by atoms with Gasteiger partial charge >= 0.3 is 0 Å². The van der Waals surface area contributed by atoms with Crippen molar-refractivity contribution < 1.29 is 9.72 Å². The number of fused-ring (bicyclic) bond motifs is 1. The molecule has 120 valence electrons. The summed E-state index contributed by atoms with van der Waals surface area (Å²) in [6.45, 7) is 1.78. The molecule has 1 N–H and O–H groups in total. The number of carbonyl (C=O) groups is 1. The summed E-state index contributed by atoms with van der Waals surface area (Å²) in [4.78, 5) is 26.5. The van der Waals surface area contributed by atoms with Gasteiger partial charge < -0.3 is 5.32 Å². The molecule has 2 aromatic carbocycles. The molecule has 0 radical (unpaired) electrons. The first-order chi connectivity index (χ1) is 11.6. The number of rotatable bonds is 5. The molecule has 6 heteroatoms. The van der Waals surface area contributed by atoms with E-state index in [1.807, 2.05) is 30.3 Å².